The molecular weight excluding hydrogens is 342 g/mol. The van der Waals surface area contributed by atoms with Gasteiger partial charge >= 0.3 is 0 Å². The third-order valence-electron chi connectivity index (χ3n) is 3.50. The zero-order valence-electron chi connectivity index (χ0n) is 12.5. The van der Waals surface area contributed by atoms with Crippen molar-refractivity contribution in [1.82, 2.24) is 25.1 Å². The van der Waals surface area contributed by atoms with Gasteiger partial charge in [-0.3, -0.25) is 4.79 Å². The monoisotopic (exact) mass is 355 g/mol. The maximum atomic E-state index is 12.2. The molecule has 0 bridgehead atoms. The molecule has 1 amide bonds. The largest absolute Gasteiger partial charge is 0.352 e. The number of hydrogen-bond donors (Lipinski definition) is 1. The minimum absolute atomic E-state index is 0.0761. The van der Waals surface area contributed by atoms with Gasteiger partial charge in [0, 0.05) is 36.3 Å². The maximum Gasteiger partial charge on any atom is 0.251 e. The van der Waals surface area contributed by atoms with Crippen LogP contribution in [-0.2, 0) is 6.42 Å². The van der Waals surface area contributed by atoms with E-state index in [2.05, 4.69) is 20.4 Å². The van der Waals surface area contributed by atoms with E-state index in [1.54, 1.807) is 22.5 Å². The third kappa shape index (κ3) is 3.06. The van der Waals surface area contributed by atoms with Crippen molar-refractivity contribution in [3.63, 3.8) is 0 Å². The fourth-order valence-corrected chi connectivity index (χ4v) is 3.82. The van der Waals surface area contributed by atoms with E-state index in [9.17, 15) is 4.79 Å². The standard InChI is InChI=1S/C16H13N5OS2/c22-15(11-2-3-13-14(8-11)24-10-18-13)17-6-4-12-9-23-16(20-12)21-7-1-5-19-21/h1-3,5,7-10H,4,6H2,(H,17,22). The normalized spacial score (nSPS) is 11.0. The molecule has 1 N–H and O–H groups in total. The number of hydrogen-bond acceptors (Lipinski definition) is 6. The molecule has 3 heterocycles. The summed E-state index contributed by atoms with van der Waals surface area (Å²) in [6.45, 7) is 0.543. The van der Waals surface area contributed by atoms with Crippen LogP contribution in [-0.4, -0.2) is 32.2 Å². The van der Waals surface area contributed by atoms with Crippen LogP contribution in [0.1, 0.15) is 16.1 Å². The average molecular weight is 355 g/mol. The van der Waals surface area contributed by atoms with Gasteiger partial charge in [0.2, 0.25) is 5.13 Å². The van der Waals surface area contributed by atoms with E-state index in [0.717, 1.165) is 21.0 Å². The van der Waals surface area contributed by atoms with Gasteiger partial charge in [-0.25, -0.2) is 14.6 Å². The number of nitrogens with one attached hydrogen (secondary N) is 1. The Kier molecular flexibility index (Phi) is 4.06. The van der Waals surface area contributed by atoms with Crippen LogP contribution in [0.5, 0.6) is 0 Å². The first-order valence-corrected chi connectivity index (χ1v) is 9.11. The summed E-state index contributed by atoms with van der Waals surface area (Å²) in [6, 6.07) is 7.41. The number of fused-ring (bicyclic) bond motifs is 1. The van der Waals surface area contributed by atoms with E-state index in [0.29, 0.717) is 18.5 Å². The Morgan fingerprint density at radius 1 is 1.29 bits per heavy atom. The summed E-state index contributed by atoms with van der Waals surface area (Å²) in [5.41, 5.74) is 4.31. The summed E-state index contributed by atoms with van der Waals surface area (Å²) in [6.07, 6.45) is 4.27. The van der Waals surface area contributed by atoms with Crippen LogP contribution in [0.2, 0.25) is 0 Å². The van der Waals surface area contributed by atoms with Crippen molar-refractivity contribution in [2.75, 3.05) is 6.54 Å². The lowest BCUT2D eigenvalue weighted by molar-refractivity contribution is 0.0954. The first-order valence-electron chi connectivity index (χ1n) is 7.35. The summed E-state index contributed by atoms with van der Waals surface area (Å²) in [5, 5.41) is 9.92. The molecule has 3 aromatic heterocycles. The molecule has 6 nitrogen and oxygen atoms in total. The summed E-state index contributed by atoms with van der Waals surface area (Å²) in [7, 11) is 0. The van der Waals surface area contributed by atoms with Crippen LogP contribution in [0.25, 0.3) is 15.3 Å². The van der Waals surface area contributed by atoms with Crippen LogP contribution < -0.4 is 5.32 Å². The number of amides is 1. The number of aromatic nitrogens is 4. The Morgan fingerprint density at radius 2 is 2.25 bits per heavy atom. The van der Waals surface area contributed by atoms with E-state index in [-0.39, 0.29) is 5.91 Å². The molecule has 24 heavy (non-hydrogen) atoms. The Balaban J connectivity index is 1.36. The summed E-state index contributed by atoms with van der Waals surface area (Å²) < 4.78 is 2.75. The number of benzene rings is 1. The van der Waals surface area contributed by atoms with E-state index in [1.807, 2.05) is 29.8 Å². The first kappa shape index (κ1) is 15.0. The van der Waals surface area contributed by atoms with E-state index < -0.39 is 0 Å². The van der Waals surface area contributed by atoms with Crippen molar-refractivity contribution >= 4 is 38.8 Å². The first-order chi connectivity index (χ1) is 11.8. The molecule has 0 aliphatic carbocycles. The van der Waals surface area contributed by atoms with Crippen molar-refractivity contribution in [2.45, 2.75) is 6.42 Å². The second-order valence-corrected chi connectivity index (χ2v) is 6.84. The van der Waals surface area contributed by atoms with Crippen molar-refractivity contribution in [2.24, 2.45) is 0 Å². The van der Waals surface area contributed by atoms with Gasteiger partial charge in [0.1, 0.15) is 0 Å². The van der Waals surface area contributed by atoms with Crippen LogP contribution in [0, 0.1) is 0 Å². The SMILES string of the molecule is O=C(NCCc1csc(-n2cccn2)n1)c1ccc2ncsc2c1. The third-order valence-corrected chi connectivity index (χ3v) is 5.17. The van der Waals surface area contributed by atoms with E-state index in [4.69, 9.17) is 0 Å². The second-order valence-electron chi connectivity index (χ2n) is 5.11. The van der Waals surface area contributed by atoms with Crippen molar-refractivity contribution in [3.05, 3.63) is 58.8 Å². The van der Waals surface area contributed by atoms with Crippen LogP contribution >= 0.6 is 22.7 Å². The van der Waals surface area contributed by atoms with Crippen molar-refractivity contribution < 1.29 is 4.79 Å². The second kappa shape index (κ2) is 6.50. The maximum absolute atomic E-state index is 12.2. The number of nitrogens with zero attached hydrogens (tertiary/aromatic N) is 4. The van der Waals surface area contributed by atoms with Gasteiger partial charge in [-0.05, 0) is 24.3 Å². The predicted molar refractivity (Wildman–Crippen MR) is 94.9 cm³/mol. The zero-order chi connectivity index (χ0) is 16.4. The zero-order valence-corrected chi connectivity index (χ0v) is 14.2. The lowest BCUT2D eigenvalue weighted by atomic mass is 10.2. The highest BCUT2D eigenvalue weighted by atomic mass is 32.1. The summed E-state index contributed by atoms with van der Waals surface area (Å²) in [5.74, 6) is -0.0761. The van der Waals surface area contributed by atoms with Gasteiger partial charge in [0.05, 0.1) is 21.4 Å². The molecular formula is C16H13N5OS2. The van der Waals surface area contributed by atoms with Crippen molar-refractivity contribution in [3.8, 4) is 5.13 Å². The van der Waals surface area contributed by atoms with Gasteiger partial charge in [-0.2, -0.15) is 5.10 Å². The fraction of sp³-hybridized carbons (Fsp3) is 0.125. The fourth-order valence-electron chi connectivity index (χ4n) is 2.30. The van der Waals surface area contributed by atoms with Gasteiger partial charge in [0.15, 0.2) is 0 Å². The van der Waals surface area contributed by atoms with Gasteiger partial charge in [-0.15, -0.1) is 22.7 Å². The van der Waals surface area contributed by atoms with Gasteiger partial charge < -0.3 is 5.32 Å². The minimum atomic E-state index is -0.0761. The average Bonchev–Trinajstić information content (AvgIpc) is 3.34. The molecule has 0 fully saturated rings. The number of carbonyl (C=O) groups is 1. The Labute approximate surface area is 145 Å². The molecule has 0 radical (unpaired) electrons. The summed E-state index contributed by atoms with van der Waals surface area (Å²) >= 11 is 3.07. The lowest BCUT2D eigenvalue weighted by Gasteiger charge is -2.04. The molecule has 0 atom stereocenters. The predicted octanol–water partition coefficient (Wildman–Crippen LogP) is 2.91. The lowest BCUT2D eigenvalue weighted by Crippen LogP contribution is -2.25. The molecule has 1 aromatic carbocycles. The topological polar surface area (TPSA) is 72.7 Å². The van der Waals surface area contributed by atoms with Gasteiger partial charge in [-0.1, -0.05) is 0 Å². The Bertz CT molecular complexity index is 973. The summed E-state index contributed by atoms with van der Waals surface area (Å²) in [4.78, 5) is 21.0. The minimum Gasteiger partial charge on any atom is -0.352 e. The van der Waals surface area contributed by atoms with E-state index in [1.165, 1.54) is 22.7 Å². The molecule has 8 heteroatoms. The molecule has 4 rings (SSSR count). The smallest absolute Gasteiger partial charge is 0.251 e. The number of carbonyl (C=O) groups excluding carboxylic acids is 1. The van der Waals surface area contributed by atoms with Crippen LogP contribution in [0.15, 0.2) is 47.5 Å². The van der Waals surface area contributed by atoms with Crippen molar-refractivity contribution in [1.29, 1.82) is 0 Å². The van der Waals surface area contributed by atoms with Gasteiger partial charge in [0.25, 0.3) is 5.91 Å². The molecule has 4 aromatic rings. The Hall–Kier alpha value is -2.58. The molecule has 120 valence electrons. The molecule has 0 unspecified atom stereocenters. The highest BCUT2D eigenvalue weighted by Crippen LogP contribution is 2.19. The highest BCUT2D eigenvalue weighted by Gasteiger charge is 2.08. The molecule has 0 saturated heterocycles. The quantitative estimate of drug-likeness (QED) is 0.597. The molecule has 0 aliphatic rings. The molecule has 0 saturated carbocycles. The molecule has 0 spiro atoms. The Morgan fingerprint density at radius 3 is 3.12 bits per heavy atom. The highest BCUT2D eigenvalue weighted by molar-refractivity contribution is 7.16. The van der Waals surface area contributed by atoms with E-state index >= 15 is 0 Å². The van der Waals surface area contributed by atoms with Crippen LogP contribution in [0.4, 0.5) is 0 Å². The number of rotatable bonds is 5. The van der Waals surface area contributed by atoms with Crippen LogP contribution in [0.3, 0.4) is 0 Å². The molecule has 0 aliphatic heterocycles. The number of thiazole rings is 2.